The van der Waals surface area contributed by atoms with Crippen molar-refractivity contribution < 1.29 is 0 Å². The molecule has 1 heterocycles. The second-order valence-electron chi connectivity index (χ2n) is 6.23. The third kappa shape index (κ3) is 3.62. The van der Waals surface area contributed by atoms with Gasteiger partial charge in [-0.2, -0.15) is 0 Å². The summed E-state index contributed by atoms with van der Waals surface area (Å²) in [5.74, 6) is 8.23. The number of rotatable bonds is 5. The maximum absolute atomic E-state index is 6.17. The molecule has 24 heavy (non-hydrogen) atoms. The van der Waals surface area contributed by atoms with Gasteiger partial charge in [0.15, 0.2) is 5.82 Å². The van der Waals surface area contributed by atoms with Crippen molar-refractivity contribution in [1.29, 1.82) is 0 Å². The van der Waals surface area contributed by atoms with Gasteiger partial charge in [-0.1, -0.05) is 79.7 Å². The fourth-order valence-electron chi connectivity index (χ4n) is 2.42. The Bertz CT molecular complexity index is 804. The van der Waals surface area contributed by atoms with Gasteiger partial charge in [-0.3, -0.25) is 0 Å². The monoisotopic (exact) mass is 338 g/mol. The molecule has 0 atom stereocenters. The molecular formula is C19H22N4S. The Morgan fingerprint density at radius 3 is 2.29 bits per heavy atom. The van der Waals surface area contributed by atoms with Crippen LogP contribution in [0, 0.1) is 6.92 Å². The molecule has 0 amide bonds. The lowest BCUT2D eigenvalue weighted by atomic mass is 10.0. The van der Waals surface area contributed by atoms with Crippen LogP contribution in [-0.2, 0) is 5.75 Å². The summed E-state index contributed by atoms with van der Waals surface area (Å²) in [6.45, 7) is 6.46. The summed E-state index contributed by atoms with van der Waals surface area (Å²) < 4.78 is 1.57. The van der Waals surface area contributed by atoms with Gasteiger partial charge in [-0.25, -0.2) is 4.68 Å². The third-order valence-corrected chi connectivity index (χ3v) is 5.00. The van der Waals surface area contributed by atoms with E-state index in [4.69, 9.17) is 5.84 Å². The zero-order chi connectivity index (χ0) is 17.1. The highest BCUT2D eigenvalue weighted by Crippen LogP contribution is 2.25. The average molecular weight is 338 g/mol. The maximum Gasteiger partial charge on any atom is 0.210 e. The number of aryl methyl sites for hydroxylation is 1. The van der Waals surface area contributed by atoms with E-state index in [0.717, 1.165) is 16.5 Å². The number of benzene rings is 2. The molecule has 2 N–H and O–H groups in total. The molecule has 0 aliphatic carbocycles. The van der Waals surface area contributed by atoms with E-state index >= 15 is 0 Å². The lowest BCUT2D eigenvalue weighted by Gasteiger charge is -2.07. The Labute approximate surface area is 147 Å². The quantitative estimate of drug-likeness (QED) is 0.554. The van der Waals surface area contributed by atoms with Crippen LogP contribution >= 0.6 is 11.8 Å². The Hall–Kier alpha value is -2.27. The highest BCUT2D eigenvalue weighted by molar-refractivity contribution is 7.98. The first kappa shape index (κ1) is 16.6. The summed E-state index contributed by atoms with van der Waals surface area (Å²) in [7, 11) is 0. The van der Waals surface area contributed by atoms with E-state index in [1.807, 2.05) is 24.3 Å². The molecular weight excluding hydrogens is 316 g/mol. The Morgan fingerprint density at radius 2 is 1.67 bits per heavy atom. The Kier molecular flexibility index (Phi) is 4.90. The fourth-order valence-corrected chi connectivity index (χ4v) is 3.23. The van der Waals surface area contributed by atoms with Crippen LogP contribution in [0.5, 0.6) is 0 Å². The number of nitrogens with two attached hydrogens (primary N) is 1. The molecule has 0 bridgehead atoms. The largest absolute Gasteiger partial charge is 0.335 e. The van der Waals surface area contributed by atoms with Crippen molar-refractivity contribution in [2.75, 3.05) is 5.84 Å². The van der Waals surface area contributed by atoms with Crippen molar-refractivity contribution in [1.82, 2.24) is 14.9 Å². The number of aromatic nitrogens is 3. The number of nitrogen functional groups attached to an aromatic ring is 1. The molecule has 0 aliphatic heterocycles. The second kappa shape index (κ2) is 7.09. The van der Waals surface area contributed by atoms with Crippen LogP contribution in [0.2, 0.25) is 0 Å². The molecule has 0 saturated carbocycles. The van der Waals surface area contributed by atoms with Crippen molar-refractivity contribution >= 4 is 11.8 Å². The minimum absolute atomic E-state index is 0.552. The molecule has 3 rings (SSSR count). The predicted molar refractivity (Wildman–Crippen MR) is 100 cm³/mol. The molecule has 0 unspecified atom stereocenters. The van der Waals surface area contributed by atoms with Crippen molar-refractivity contribution in [3.8, 4) is 11.4 Å². The molecule has 3 aromatic rings. The summed E-state index contributed by atoms with van der Waals surface area (Å²) >= 11 is 1.60. The van der Waals surface area contributed by atoms with Gasteiger partial charge < -0.3 is 5.84 Å². The van der Waals surface area contributed by atoms with E-state index in [0.29, 0.717) is 11.7 Å². The number of nitrogens with zero attached hydrogens (tertiary/aromatic N) is 3. The highest BCUT2D eigenvalue weighted by Gasteiger charge is 2.12. The smallest absolute Gasteiger partial charge is 0.210 e. The third-order valence-electron chi connectivity index (χ3n) is 3.99. The first-order valence-corrected chi connectivity index (χ1v) is 9.02. The first-order chi connectivity index (χ1) is 11.5. The molecule has 0 saturated heterocycles. The summed E-state index contributed by atoms with van der Waals surface area (Å²) in [5, 5.41) is 9.18. The number of thioether (sulfide) groups is 1. The summed E-state index contributed by atoms with van der Waals surface area (Å²) in [6, 6.07) is 16.8. The molecule has 0 spiro atoms. The van der Waals surface area contributed by atoms with Crippen molar-refractivity contribution in [3.63, 3.8) is 0 Å². The van der Waals surface area contributed by atoms with E-state index in [1.165, 1.54) is 16.7 Å². The molecule has 4 nitrogen and oxygen atoms in total. The van der Waals surface area contributed by atoms with E-state index in [-0.39, 0.29) is 0 Å². The Balaban J connectivity index is 1.71. The van der Waals surface area contributed by atoms with Crippen molar-refractivity contribution in [3.05, 3.63) is 65.2 Å². The highest BCUT2D eigenvalue weighted by atomic mass is 32.2. The number of hydrogen-bond acceptors (Lipinski definition) is 4. The Morgan fingerprint density at radius 1 is 1.00 bits per heavy atom. The van der Waals surface area contributed by atoms with Gasteiger partial charge in [-0.15, -0.1) is 10.2 Å². The van der Waals surface area contributed by atoms with E-state index < -0.39 is 0 Å². The van der Waals surface area contributed by atoms with Gasteiger partial charge in [0, 0.05) is 11.3 Å². The standard InChI is InChI=1S/C19H22N4S/c1-13(2)16-10-6-15(7-11-16)12-24-19-22-21-18(23(19)20)17-8-4-14(3)5-9-17/h4-11,13H,12,20H2,1-3H3. The molecule has 0 radical (unpaired) electrons. The van der Waals surface area contributed by atoms with Gasteiger partial charge in [0.05, 0.1) is 0 Å². The zero-order valence-corrected chi connectivity index (χ0v) is 15.0. The minimum atomic E-state index is 0.552. The zero-order valence-electron chi connectivity index (χ0n) is 14.2. The SMILES string of the molecule is Cc1ccc(-c2nnc(SCc3ccc(C(C)C)cc3)n2N)cc1. The van der Waals surface area contributed by atoms with Crippen LogP contribution in [-0.4, -0.2) is 14.9 Å². The molecule has 2 aromatic carbocycles. The minimum Gasteiger partial charge on any atom is -0.335 e. The van der Waals surface area contributed by atoms with Gasteiger partial charge in [0.1, 0.15) is 0 Å². The van der Waals surface area contributed by atoms with Gasteiger partial charge in [0.25, 0.3) is 0 Å². The van der Waals surface area contributed by atoms with Crippen LogP contribution in [0.3, 0.4) is 0 Å². The van der Waals surface area contributed by atoms with Crippen LogP contribution in [0.1, 0.15) is 36.5 Å². The van der Waals surface area contributed by atoms with Gasteiger partial charge >= 0.3 is 0 Å². The average Bonchev–Trinajstić information content (AvgIpc) is 2.95. The van der Waals surface area contributed by atoms with Crippen LogP contribution in [0.25, 0.3) is 11.4 Å². The molecule has 1 aromatic heterocycles. The van der Waals surface area contributed by atoms with Crippen LogP contribution in [0.4, 0.5) is 0 Å². The molecule has 124 valence electrons. The lowest BCUT2D eigenvalue weighted by Crippen LogP contribution is -2.11. The molecule has 0 aliphatic rings. The first-order valence-electron chi connectivity index (χ1n) is 8.04. The van der Waals surface area contributed by atoms with Crippen LogP contribution in [0.15, 0.2) is 53.7 Å². The summed E-state index contributed by atoms with van der Waals surface area (Å²) in [6.07, 6.45) is 0. The lowest BCUT2D eigenvalue weighted by molar-refractivity contribution is 0.849. The van der Waals surface area contributed by atoms with Crippen molar-refractivity contribution in [2.24, 2.45) is 0 Å². The van der Waals surface area contributed by atoms with Crippen LogP contribution < -0.4 is 5.84 Å². The topological polar surface area (TPSA) is 56.7 Å². The maximum atomic E-state index is 6.17. The van der Waals surface area contributed by atoms with E-state index in [1.54, 1.807) is 16.4 Å². The fraction of sp³-hybridized carbons (Fsp3) is 0.263. The van der Waals surface area contributed by atoms with Gasteiger partial charge in [0.2, 0.25) is 5.16 Å². The normalized spacial score (nSPS) is 11.2. The summed E-state index contributed by atoms with van der Waals surface area (Å²) in [5.41, 5.74) is 4.79. The van der Waals surface area contributed by atoms with E-state index in [2.05, 4.69) is 55.2 Å². The second-order valence-corrected chi connectivity index (χ2v) is 7.17. The predicted octanol–water partition coefficient (Wildman–Crippen LogP) is 4.38. The molecule has 0 fully saturated rings. The van der Waals surface area contributed by atoms with Gasteiger partial charge in [-0.05, 0) is 24.0 Å². The molecule has 5 heteroatoms. The van der Waals surface area contributed by atoms with Crippen molar-refractivity contribution in [2.45, 2.75) is 37.6 Å². The number of hydrogen-bond donors (Lipinski definition) is 1. The van der Waals surface area contributed by atoms with E-state index in [9.17, 15) is 0 Å². The summed E-state index contributed by atoms with van der Waals surface area (Å²) in [4.78, 5) is 0.